The summed E-state index contributed by atoms with van der Waals surface area (Å²) in [6.07, 6.45) is 0.710. The highest BCUT2D eigenvalue weighted by molar-refractivity contribution is 5.97. The maximum absolute atomic E-state index is 11.2. The third kappa shape index (κ3) is 2.65. The van der Waals surface area contributed by atoms with E-state index >= 15 is 0 Å². The summed E-state index contributed by atoms with van der Waals surface area (Å²) in [6, 6.07) is 3.97. The van der Waals surface area contributed by atoms with E-state index in [2.05, 4.69) is 0 Å². The maximum atomic E-state index is 11.2. The van der Waals surface area contributed by atoms with Gasteiger partial charge in [-0.05, 0) is 18.9 Å². The van der Waals surface area contributed by atoms with Crippen molar-refractivity contribution in [1.82, 2.24) is 0 Å². The van der Waals surface area contributed by atoms with E-state index in [4.69, 9.17) is 5.11 Å². The Kier molecular flexibility index (Phi) is 3.66. The first-order valence-electron chi connectivity index (χ1n) is 5.94. The van der Waals surface area contributed by atoms with Crippen LogP contribution in [-0.2, 0) is 0 Å². The second kappa shape index (κ2) is 5.23. The molecule has 1 saturated heterocycles. The van der Waals surface area contributed by atoms with Crippen LogP contribution in [0.3, 0.4) is 0 Å². The Morgan fingerprint density at radius 2 is 2.21 bits per heavy atom. The van der Waals surface area contributed by atoms with Gasteiger partial charge in [-0.1, -0.05) is 6.07 Å². The maximum Gasteiger partial charge on any atom is 0.338 e. The van der Waals surface area contributed by atoms with Gasteiger partial charge in [0.15, 0.2) is 0 Å². The fraction of sp³-hybridized carbons (Fsp3) is 0.417. The number of hydrogen-bond acceptors (Lipinski definition) is 5. The van der Waals surface area contributed by atoms with Gasteiger partial charge in [0.25, 0.3) is 5.69 Å². The number of nitro benzene ring substituents is 1. The summed E-state index contributed by atoms with van der Waals surface area (Å²) < 4.78 is 0. The highest BCUT2D eigenvalue weighted by atomic mass is 16.6. The summed E-state index contributed by atoms with van der Waals surface area (Å²) in [5, 5.41) is 29.8. The lowest BCUT2D eigenvalue weighted by atomic mass is 10.0. The predicted octanol–water partition coefficient (Wildman–Crippen LogP) is 1.25. The molecule has 0 bridgehead atoms. The lowest BCUT2D eigenvalue weighted by Gasteiger charge is -2.32. The molecule has 0 saturated carbocycles. The number of aromatic carboxylic acids is 1. The molecular weight excluding hydrogens is 252 g/mol. The molecule has 1 aliphatic rings. The van der Waals surface area contributed by atoms with Gasteiger partial charge < -0.3 is 15.1 Å². The summed E-state index contributed by atoms with van der Waals surface area (Å²) >= 11 is 0. The third-order valence-electron chi connectivity index (χ3n) is 3.15. The zero-order valence-electron chi connectivity index (χ0n) is 10.2. The van der Waals surface area contributed by atoms with E-state index in [0.717, 1.165) is 0 Å². The molecule has 0 amide bonds. The van der Waals surface area contributed by atoms with Gasteiger partial charge >= 0.3 is 5.97 Å². The number of aliphatic hydroxyl groups excluding tert-OH is 1. The highest BCUT2D eigenvalue weighted by Gasteiger charge is 2.29. The molecule has 1 aliphatic heterocycles. The fourth-order valence-electron chi connectivity index (χ4n) is 2.34. The molecule has 0 unspecified atom stereocenters. The van der Waals surface area contributed by atoms with Crippen LogP contribution in [-0.4, -0.2) is 40.3 Å². The number of aliphatic hydroxyl groups is 1. The summed E-state index contributed by atoms with van der Waals surface area (Å²) in [7, 11) is 0. The standard InChI is InChI=1S/C12H14N2O5/c15-8-3-2-6-13(7-8)11-9(12(16)17)4-1-5-10(11)14(18)19/h1,4-5,8,15H,2-3,6-7H2,(H,16,17)/t8-/m1/s1. The molecular formula is C12H14N2O5. The van der Waals surface area contributed by atoms with Crippen LogP contribution in [0.15, 0.2) is 18.2 Å². The number of β-amino-alcohol motifs (C(OH)–C–C–N with tert-alkyl or cyclic N) is 1. The molecule has 1 fully saturated rings. The molecule has 2 N–H and O–H groups in total. The number of carboxylic acids is 1. The monoisotopic (exact) mass is 266 g/mol. The molecule has 0 spiro atoms. The smallest absolute Gasteiger partial charge is 0.338 e. The Morgan fingerprint density at radius 1 is 1.47 bits per heavy atom. The number of hydrogen-bond donors (Lipinski definition) is 2. The Balaban J connectivity index is 2.51. The van der Waals surface area contributed by atoms with Crippen LogP contribution < -0.4 is 4.90 Å². The number of para-hydroxylation sites is 1. The van der Waals surface area contributed by atoms with E-state index in [1.807, 2.05) is 0 Å². The largest absolute Gasteiger partial charge is 0.478 e. The molecule has 0 radical (unpaired) electrons. The van der Waals surface area contributed by atoms with Gasteiger partial charge in [0.2, 0.25) is 0 Å². The molecule has 0 aliphatic carbocycles. The zero-order chi connectivity index (χ0) is 14.0. The quantitative estimate of drug-likeness (QED) is 0.630. The van der Waals surface area contributed by atoms with Crippen LogP contribution in [0.25, 0.3) is 0 Å². The molecule has 1 aromatic carbocycles. The number of nitrogens with zero attached hydrogens (tertiary/aromatic N) is 2. The van der Waals surface area contributed by atoms with Crippen LogP contribution in [0.4, 0.5) is 11.4 Å². The molecule has 102 valence electrons. The minimum absolute atomic E-state index is 0.0822. The average Bonchev–Trinajstić information content (AvgIpc) is 2.37. The molecule has 0 aromatic heterocycles. The number of nitro groups is 1. The number of piperidine rings is 1. The van der Waals surface area contributed by atoms with Crippen molar-refractivity contribution in [3.63, 3.8) is 0 Å². The van der Waals surface area contributed by atoms with Gasteiger partial charge in [0.05, 0.1) is 16.6 Å². The average molecular weight is 266 g/mol. The first kappa shape index (κ1) is 13.3. The van der Waals surface area contributed by atoms with E-state index in [0.29, 0.717) is 19.4 Å². The Bertz CT molecular complexity index is 485. The van der Waals surface area contributed by atoms with Crippen LogP contribution in [0.5, 0.6) is 0 Å². The van der Waals surface area contributed by atoms with Gasteiger partial charge in [-0.2, -0.15) is 0 Å². The topological polar surface area (TPSA) is 104 Å². The highest BCUT2D eigenvalue weighted by Crippen LogP contribution is 2.33. The van der Waals surface area contributed by atoms with Crippen molar-refractivity contribution in [1.29, 1.82) is 0 Å². The number of benzene rings is 1. The van der Waals surface area contributed by atoms with Gasteiger partial charge in [-0.15, -0.1) is 0 Å². The van der Waals surface area contributed by atoms with Crippen LogP contribution in [0, 0.1) is 10.1 Å². The zero-order valence-corrected chi connectivity index (χ0v) is 10.2. The van der Waals surface area contributed by atoms with Crippen molar-refractivity contribution in [3.8, 4) is 0 Å². The van der Waals surface area contributed by atoms with Crippen molar-refractivity contribution in [2.75, 3.05) is 18.0 Å². The minimum atomic E-state index is -1.21. The summed E-state index contributed by atoms with van der Waals surface area (Å²) in [5.74, 6) is -1.21. The molecule has 19 heavy (non-hydrogen) atoms. The molecule has 7 heteroatoms. The first-order chi connectivity index (χ1) is 9.00. The van der Waals surface area contributed by atoms with Crippen molar-refractivity contribution in [2.45, 2.75) is 18.9 Å². The Hall–Kier alpha value is -2.15. The Labute approximate surface area is 109 Å². The van der Waals surface area contributed by atoms with Crippen molar-refractivity contribution in [2.24, 2.45) is 0 Å². The second-order valence-electron chi connectivity index (χ2n) is 4.48. The van der Waals surface area contributed by atoms with Crippen molar-refractivity contribution >= 4 is 17.3 Å². The van der Waals surface area contributed by atoms with Crippen molar-refractivity contribution < 1.29 is 19.9 Å². The van der Waals surface area contributed by atoms with E-state index in [1.165, 1.54) is 18.2 Å². The van der Waals surface area contributed by atoms with Gasteiger partial charge in [0, 0.05) is 19.2 Å². The molecule has 2 rings (SSSR count). The molecule has 1 atom stereocenters. The van der Waals surface area contributed by atoms with Gasteiger partial charge in [-0.3, -0.25) is 10.1 Å². The van der Waals surface area contributed by atoms with Crippen LogP contribution in [0.2, 0.25) is 0 Å². The van der Waals surface area contributed by atoms with Crippen LogP contribution in [0.1, 0.15) is 23.2 Å². The second-order valence-corrected chi connectivity index (χ2v) is 4.48. The normalized spacial score (nSPS) is 19.2. The number of anilines is 1. The van der Waals surface area contributed by atoms with E-state index in [-0.39, 0.29) is 23.5 Å². The number of rotatable bonds is 3. The third-order valence-corrected chi connectivity index (χ3v) is 3.15. The van der Waals surface area contributed by atoms with E-state index in [9.17, 15) is 20.0 Å². The molecule has 7 nitrogen and oxygen atoms in total. The summed E-state index contributed by atoms with van der Waals surface area (Å²) in [5.41, 5.74) is -0.268. The predicted molar refractivity (Wildman–Crippen MR) is 67.5 cm³/mol. The van der Waals surface area contributed by atoms with Crippen molar-refractivity contribution in [3.05, 3.63) is 33.9 Å². The summed E-state index contributed by atoms with van der Waals surface area (Å²) in [4.78, 5) is 23.2. The lowest BCUT2D eigenvalue weighted by molar-refractivity contribution is -0.384. The molecule has 1 aromatic rings. The summed E-state index contributed by atoms with van der Waals surface area (Å²) in [6.45, 7) is 0.716. The lowest BCUT2D eigenvalue weighted by Crippen LogP contribution is -2.39. The minimum Gasteiger partial charge on any atom is -0.478 e. The van der Waals surface area contributed by atoms with E-state index in [1.54, 1.807) is 4.90 Å². The van der Waals surface area contributed by atoms with Crippen LogP contribution >= 0.6 is 0 Å². The van der Waals surface area contributed by atoms with Gasteiger partial charge in [0.1, 0.15) is 5.69 Å². The number of carboxylic acid groups (broad SMARTS) is 1. The SMILES string of the molecule is O=C(O)c1cccc([N+](=O)[O-])c1N1CCC[C@@H](O)C1. The van der Waals surface area contributed by atoms with Gasteiger partial charge in [-0.25, -0.2) is 4.79 Å². The number of carbonyl (C=O) groups is 1. The fourth-order valence-corrected chi connectivity index (χ4v) is 2.34. The Morgan fingerprint density at radius 3 is 2.79 bits per heavy atom. The first-order valence-corrected chi connectivity index (χ1v) is 5.94. The molecule has 1 heterocycles. The van der Waals surface area contributed by atoms with E-state index < -0.39 is 17.0 Å².